The summed E-state index contributed by atoms with van der Waals surface area (Å²) in [7, 11) is 0. The molecule has 0 saturated heterocycles. The molecule has 0 aliphatic rings. The van der Waals surface area contributed by atoms with Gasteiger partial charge in [-0.05, 0) is 54.1 Å². The van der Waals surface area contributed by atoms with Crippen LogP contribution >= 0.6 is 24.0 Å². The van der Waals surface area contributed by atoms with Crippen molar-refractivity contribution in [1.29, 1.82) is 0 Å². The van der Waals surface area contributed by atoms with Gasteiger partial charge < -0.3 is 20.9 Å². The number of nitrogens with two attached hydrogens (primary N) is 1. The van der Waals surface area contributed by atoms with Crippen LogP contribution in [0, 0.1) is 0 Å². The number of nitrogens with one attached hydrogen (secondary N) is 1. The molecule has 0 saturated carbocycles. The van der Waals surface area contributed by atoms with Gasteiger partial charge in [-0.15, -0.1) is 12.4 Å². The second kappa shape index (κ2) is 11.5. The standard InChI is InChI=1S/C23H23ClN2O3.ClH/c24-21-10-9-17(18(14-25)13-23(27)28)12-22(21)26-15-16-5-4-8-20(11-16)29-19-6-2-1-3-7-19;/h1-12,18,26H,13-15,25H2,(H,27,28);1H/t18-;/m0./s1. The fourth-order valence-electron chi connectivity index (χ4n) is 3.02. The van der Waals surface area contributed by atoms with Gasteiger partial charge in [-0.25, -0.2) is 0 Å². The number of para-hydroxylation sites is 1. The number of hydrogen-bond acceptors (Lipinski definition) is 4. The molecule has 4 N–H and O–H groups in total. The molecular formula is C23H24Cl2N2O3. The van der Waals surface area contributed by atoms with Crippen LogP contribution in [0.25, 0.3) is 0 Å². The molecule has 0 unspecified atom stereocenters. The van der Waals surface area contributed by atoms with Crippen LogP contribution in [0.5, 0.6) is 11.5 Å². The highest BCUT2D eigenvalue weighted by Crippen LogP contribution is 2.29. The zero-order valence-corrected chi connectivity index (χ0v) is 17.8. The molecule has 0 spiro atoms. The predicted octanol–water partition coefficient (Wildman–Crippen LogP) is 5.68. The van der Waals surface area contributed by atoms with Gasteiger partial charge in [-0.2, -0.15) is 0 Å². The molecule has 0 aliphatic carbocycles. The third kappa shape index (κ3) is 6.66. The van der Waals surface area contributed by atoms with E-state index in [2.05, 4.69) is 5.32 Å². The SMILES string of the molecule is Cl.NC[C@H](CC(=O)O)c1ccc(Cl)c(NCc2cccc(Oc3ccccc3)c2)c1. The maximum atomic E-state index is 11.1. The Labute approximate surface area is 187 Å². The minimum atomic E-state index is -0.875. The molecule has 0 heterocycles. The number of halogens is 2. The first-order valence-electron chi connectivity index (χ1n) is 9.32. The molecule has 0 aliphatic heterocycles. The van der Waals surface area contributed by atoms with E-state index in [9.17, 15) is 4.79 Å². The predicted molar refractivity (Wildman–Crippen MR) is 123 cm³/mol. The third-order valence-corrected chi connectivity index (χ3v) is 4.86. The van der Waals surface area contributed by atoms with Crippen LogP contribution in [0.15, 0.2) is 72.8 Å². The Kier molecular flexibility index (Phi) is 8.99. The van der Waals surface area contributed by atoms with Crippen LogP contribution in [-0.4, -0.2) is 17.6 Å². The number of hydrogen-bond donors (Lipinski definition) is 3. The lowest BCUT2D eigenvalue weighted by Gasteiger charge is -2.16. The molecule has 3 aromatic rings. The first kappa shape index (κ1) is 23.5. The second-order valence-corrected chi connectivity index (χ2v) is 7.09. The summed E-state index contributed by atoms with van der Waals surface area (Å²) in [5.74, 6) is 0.396. The summed E-state index contributed by atoms with van der Waals surface area (Å²) >= 11 is 6.32. The van der Waals surface area contributed by atoms with Crippen molar-refractivity contribution in [2.45, 2.75) is 18.9 Å². The monoisotopic (exact) mass is 446 g/mol. The average molecular weight is 447 g/mol. The van der Waals surface area contributed by atoms with Crippen molar-refractivity contribution in [3.05, 3.63) is 88.9 Å². The lowest BCUT2D eigenvalue weighted by Crippen LogP contribution is -2.16. The van der Waals surface area contributed by atoms with Crippen LogP contribution in [0.2, 0.25) is 5.02 Å². The topological polar surface area (TPSA) is 84.6 Å². The van der Waals surface area contributed by atoms with E-state index in [1.165, 1.54) is 0 Å². The molecule has 0 amide bonds. The summed E-state index contributed by atoms with van der Waals surface area (Å²) in [5, 5.41) is 13.0. The summed E-state index contributed by atoms with van der Waals surface area (Å²) in [4.78, 5) is 11.1. The maximum absolute atomic E-state index is 11.1. The van der Waals surface area contributed by atoms with Gasteiger partial charge in [0.05, 0.1) is 17.1 Å². The van der Waals surface area contributed by atoms with Crippen molar-refractivity contribution in [3.63, 3.8) is 0 Å². The van der Waals surface area contributed by atoms with Gasteiger partial charge in [0.25, 0.3) is 0 Å². The first-order chi connectivity index (χ1) is 14.0. The Morgan fingerprint density at radius 1 is 1.03 bits per heavy atom. The quantitative estimate of drug-likeness (QED) is 0.393. The van der Waals surface area contributed by atoms with Gasteiger partial charge >= 0.3 is 5.97 Å². The van der Waals surface area contributed by atoms with E-state index in [0.29, 0.717) is 11.6 Å². The van der Waals surface area contributed by atoms with Crippen LogP contribution < -0.4 is 15.8 Å². The van der Waals surface area contributed by atoms with Gasteiger partial charge in [0.1, 0.15) is 11.5 Å². The van der Waals surface area contributed by atoms with E-state index in [1.54, 1.807) is 6.07 Å². The van der Waals surface area contributed by atoms with E-state index in [0.717, 1.165) is 28.3 Å². The van der Waals surface area contributed by atoms with Crippen molar-refractivity contribution in [1.82, 2.24) is 0 Å². The number of ether oxygens (including phenoxy) is 1. The van der Waals surface area contributed by atoms with Crippen LogP contribution in [0.4, 0.5) is 5.69 Å². The van der Waals surface area contributed by atoms with Gasteiger partial charge in [-0.3, -0.25) is 4.79 Å². The largest absolute Gasteiger partial charge is 0.481 e. The van der Waals surface area contributed by atoms with E-state index >= 15 is 0 Å². The van der Waals surface area contributed by atoms with E-state index in [4.69, 9.17) is 27.2 Å². The summed E-state index contributed by atoms with van der Waals surface area (Å²) in [6.07, 6.45) is -0.0174. The molecule has 3 aromatic carbocycles. The van der Waals surface area contributed by atoms with Crippen LogP contribution in [0.3, 0.4) is 0 Å². The smallest absolute Gasteiger partial charge is 0.304 e. The van der Waals surface area contributed by atoms with E-state index in [1.807, 2.05) is 66.7 Å². The lowest BCUT2D eigenvalue weighted by molar-refractivity contribution is -0.137. The molecular weight excluding hydrogens is 423 g/mol. The highest BCUT2D eigenvalue weighted by molar-refractivity contribution is 6.33. The summed E-state index contributed by atoms with van der Waals surface area (Å²) < 4.78 is 5.87. The Hall–Kier alpha value is -2.73. The Morgan fingerprint density at radius 2 is 1.77 bits per heavy atom. The molecule has 0 fully saturated rings. The highest BCUT2D eigenvalue weighted by atomic mass is 35.5. The van der Waals surface area contributed by atoms with E-state index in [-0.39, 0.29) is 31.3 Å². The third-order valence-electron chi connectivity index (χ3n) is 4.53. The fraction of sp³-hybridized carbons (Fsp3) is 0.174. The van der Waals surface area contributed by atoms with Crippen molar-refractivity contribution in [2.75, 3.05) is 11.9 Å². The molecule has 30 heavy (non-hydrogen) atoms. The van der Waals surface area contributed by atoms with Crippen molar-refractivity contribution in [2.24, 2.45) is 5.73 Å². The molecule has 0 bridgehead atoms. The molecule has 7 heteroatoms. The number of anilines is 1. The minimum Gasteiger partial charge on any atom is -0.481 e. The van der Waals surface area contributed by atoms with Crippen molar-refractivity contribution in [3.8, 4) is 11.5 Å². The lowest BCUT2D eigenvalue weighted by atomic mass is 9.95. The molecule has 0 radical (unpaired) electrons. The fourth-order valence-corrected chi connectivity index (χ4v) is 3.21. The first-order valence-corrected chi connectivity index (χ1v) is 9.70. The number of carboxylic acids is 1. The number of carbonyl (C=O) groups is 1. The number of benzene rings is 3. The van der Waals surface area contributed by atoms with Gasteiger partial charge in [0, 0.05) is 12.5 Å². The zero-order chi connectivity index (χ0) is 20.6. The second-order valence-electron chi connectivity index (χ2n) is 6.69. The molecule has 5 nitrogen and oxygen atoms in total. The van der Waals surface area contributed by atoms with Crippen molar-refractivity contribution < 1.29 is 14.6 Å². The summed E-state index contributed by atoms with van der Waals surface area (Å²) in [5.41, 5.74) is 8.37. The van der Waals surface area contributed by atoms with Gasteiger partial charge in [0.2, 0.25) is 0 Å². The van der Waals surface area contributed by atoms with Crippen molar-refractivity contribution >= 4 is 35.7 Å². The van der Waals surface area contributed by atoms with Crippen LogP contribution in [-0.2, 0) is 11.3 Å². The average Bonchev–Trinajstić information content (AvgIpc) is 2.72. The summed E-state index contributed by atoms with van der Waals surface area (Å²) in [6.45, 7) is 0.799. The minimum absolute atomic E-state index is 0. The molecule has 1 atom stereocenters. The van der Waals surface area contributed by atoms with Gasteiger partial charge in [-0.1, -0.05) is 48.0 Å². The van der Waals surface area contributed by atoms with E-state index < -0.39 is 5.97 Å². The van der Waals surface area contributed by atoms with Crippen LogP contribution in [0.1, 0.15) is 23.5 Å². The number of carboxylic acid groups (broad SMARTS) is 1. The summed E-state index contributed by atoms with van der Waals surface area (Å²) in [6, 6.07) is 22.9. The maximum Gasteiger partial charge on any atom is 0.304 e. The molecule has 3 rings (SSSR count). The number of rotatable bonds is 9. The van der Waals surface area contributed by atoms with Gasteiger partial charge in [0.15, 0.2) is 0 Å². The Morgan fingerprint density at radius 3 is 2.47 bits per heavy atom. The number of aliphatic carboxylic acids is 1. The normalized spacial score (nSPS) is 11.3. The zero-order valence-electron chi connectivity index (χ0n) is 16.3. The Bertz CT molecular complexity index is 968. The molecule has 158 valence electrons. The highest BCUT2D eigenvalue weighted by Gasteiger charge is 2.15. The Balaban J connectivity index is 0.00000320. The molecule has 0 aromatic heterocycles.